The summed E-state index contributed by atoms with van der Waals surface area (Å²) in [5, 5.41) is 5.37. The molecule has 2 N–H and O–H groups in total. The van der Waals surface area contributed by atoms with Gasteiger partial charge in [0.05, 0.1) is 5.69 Å². The third kappa shape index (κ3) is 2.99. The highest BCUT2D eigenvalue weighted by atomic mass is 35.5. The molecule has 1 aromatic heterocycles. The first kappa shape index (κ1) is 16.8. The Morgan fingerprint density at radius 1 is 1.23 bits per heavy atom. The highest BCUT2D eigenvalue weighted by molar-refractivity contribution is 6.30. The third-order valence-electron chi connectivity index (χ3n) is 4.80. The molecule has 0 unspecified atom stereocenters. The Morgan fingerprint density at radius 2 is 2.00 bits per heavy atom. The second-order valence-corrected chi connectivity index (χ2v) is 7.29. The van der Waals surface area contributed by atoms with E-state index < -0.39 is 5.41 Å². The summed E-state index contributed by atoms with van der Waals surface area (Å²) in [5.41, 5.74) is 8.00. The molecule has 4 rings (SSSR count). The number of aromatic nitrogens is 3. The number of carbonyl (C=O) groups excluding carboxylic acids is 1. The highest BCUT2D eigenvalue weighted by Gasteiger charge is 2.54. The molecule has 0 radical (unpaired) electrons. The van der Waals surface area contributed by atoms with Crippen LogP contribution in [0.1, 0.15) is 35.6 Å². The summed E-state index contributed by atoms with van der Waals surface area (Å²) in [6.45, 7) is 2.02. The SMILES string of the molecule is Cc1cccc(-n2nc(Cc3cccc(Cl)c3)nc2C2(C(N)=O)CC2)c1. The molecule has 0 spiro atoms. The summed E-state index contributed by atoms with van der Waals surface area (Å²) in [6, 6.07) is 15.6. The van der Waals surface area contributed by atoms with Crippen molar-refractivity contribution >= 4 is 17.5 Å². The minimum Gasteiger partial charge on any atom is -0.369 e. The summed E-state index contributed by atoms with van der Waals surface area (Å²) in [4.78, 5) is 16.8. The number of nitrogens with zero attached hydrogens (tertiary/aromatic N) is 3. The Kier molecular flexibility index (Phi) is 4.04. The van der Waals surface area contributed by atoms with E-state index in [1.807, 2.05) is 55.5 Å². The minimum atomic E-state index is -0.705. The van der Waals surface area contributed by atoms with E-state index >= 15 is 0 Å². The molecule has 132 valence electrons. The molecule has 26 heavy (non-hydrogen) atoms. The minimum absolute atomic E-state index is 0.340. The molecule has 1 heterocycles. The zero-order chi connectivity index (χ0) is 18.3. The van der Waals surface area contributed by atoms with Crippen molar-refractivity contribution in [3.8, 4) is 5.69 Å². The number of amides is 1. The van der Waals surface area contributed by atoms with Gasteiger partial charge in [0, 0.05) is 11.4 Å². The normalized spacial score (nSPS) is 15.0. The average molecular weight is 367 g/mol. The van der Waals surface area contributed by atoms with Crippen LogP contribution >= 0.6 is 11.6 Å². The molecule has 1 fully saturated rings. The van der Waals surface area contributed by atoms with Crippen LogP contribution in [-0.4, -0.2) is 20.7 Å². The fraction of sp³-hybridized carbons (Fsp3) is 0.250. The van der Waals surface area contributed by atoms with Gasteiger partial charge in [-0.3, -0.25) is 4.79 Å². The zero-order valence-electron chi connectivity index (χ0n) is 14.4. The topological polar surface area (TPSA) is 73.8 Å². The van der Waals surface area contributed by atoms with E-state index in [1.165, 1.54) is 0 Å². The molecule has 1 aliphatic carbocycles. The number of hydrogen-bond donors (Lipinski definition) is 1. The van der Waals surface area contributed by atoms with Crippen molar-refractivity contribution in [2.24, 2.45) is 5.73 Å². The Hall–Kier alpha value is -2.66. The number of nitrogens with two attached hydrogens (primary N) is 1. The van der Waals surface area contributed by atoms with Crippen molar-refractivity contribution in [2.45, 2.75) is 31.6 Å². The van der Waals surface area contributed by atoms with Crippen LogP contribution in [0.5, 0.6) is 0 Å². The molecule has 0 atom stereocenters. The van der Waals surface area contributed by atoms with Crippen LogP contribution in [0, 0.1) is 6.92 Å². The van der Waals surface area contributed by atoms with Gasteiger partial charge in [0.1, 0.15) is 11.2 Å². The number of carbonyl (C=O) groups is 1. The number of halogens is 1. The van der Waals surface area contributed by atoms with Crippen molar-refractivity contribution in [2.75, 3.05) is 0 Å². The van der Waals surface area contributed by atoms with Crippen molar-refractivity contribution in [1.29, 1.82) is 0 Å². The molecule has 0 saturated heterocycles. The number of aryl methyl sites for hydroxylation is 1. The van der Waals surface area contributed by atoms with E-state index in [-0.39, 0.29) is 5.91 Å². The summed E-state index contributed by atoms with van der Waals surface area (Å²) in [5.74, 6) is 0.942. The van der Waals surface area contributed by atoms with E-state index in [1.54, 1.807) is 4.68 Å². The molecule has 1 saturated carbocycles. The average Bonchev–Trinajstić information content (AvgIpc) is 3.31. The lowest BCUT2D eigenvalue weighted by atomic mass is 10.1. The van der Waals surface area contributed by atoms with Crippen LogP contribution < -0.4 is 5.73 Å². The predicted molar refractivity (Wildman–Crippen MR) is 100 cm³/mol. The van der Waals surface area contributed by atoms with Gasteiger partial charge in [-0.05, 0) is 55.2 Å². The van der Waals surface area contributed by atoms with Crippen molar-refractivity contribution in [3.63, 3.8) is 0 Å². The monoisotopic (exact) mass is 366 g/mol. The fourth-order valence-corrected chi connectivity index (χ4v) is 3.43. The van der Waals surface area contributed by atoms with Gasteiger partial charge >= 0.3 is 0 Å². The fourth-order valence-electron chi connectivity index (χ4n) is 3.21. The summed E-state index contributed by atoms with van der Waals surface area (Å²) >= 11 is 6.08. The molecule has 1 amide bonds. The largest absolute Gasteiger partial charge is 0.369 e. The molecule has 3 aromatic rings. The maximum absolute atomic E-state index is 12.1. The zero-order valence-corrected chi connectivity index (χ0v) is 15.2. The number of rotatable bonds is 5. The number of primary amides is 1. The first-order chi connectivity index (χ1) is 12.5. The summed E-state index contributed by atoms with van der Waals surface area (Å²) < 4.78 is 1.77. The molecular weight excluding hydrogens is 348 g/mol. The Morgan fingerprint density at radius 3 is 2.65 bits per heavy atom. The first-order valence-electron chi connectivity index (χ1n) is 8.56. The first-order valence-corrected chi connectivity index (χ1v) is 8.93. The lowest BCUT2D eigenvalue weighted by molar-refractivity contribution is -0.120. The van der Waals surface area contributed by atoms with Crippen LogP contribution in [0.3, 0.4) is 0 Å². The maximum atomic E-state index is 12.1. The standard InChI is InChI=1S/C20H19ClN4O/c1-13-4-2-7-16(10-13)25-19(20(8-9-20)18(22)26)23-17(24-25)12-14-5-3-6-15(21)11-14/h2-7,10-11H,8-9,12H2,1H3,(H2,22,26). The smallest absolute Gasteiger partial charge is 0.231 e. The predicted octanol–water partition coefficient (Wildman–Crippen LogP) is 3.34. The van der Waals surface area contributed by atoms with Crippen LogP contribution in [0.15, 0.2) is 48.5 Å². The van der Waals surface area contributed by atoms with E-state index in [0.717, 1.165) is 16.8 Å². The van der Waals surface area contributed by atoms with E-state index in [0.29, 0.717) is 35.9 Å². The van der Waals surface area contributed by atoms with Crippen LogP contribution in [-0.2, 0) is 16.6 Å². The molecule has 1 aliphatic rings. The van der Waals surface area contributed by atoms with E-state index in [2.05, 4.69) is 5.10 Å². The molecule has 6 heteroatoms. The Bertz CT molecular complexity index is 991. The molecule has 5 nitrogen and oxygen atoms in total. The Balaban J connectivity index is 1.79. The van der Waals surface area contributed by atoms with Gasteiger partial charge in [-0.25, -0.2) is 9.67 Å². The van der Waals surface area contributed by atoms with Gasteiger partial charge in [0.15, 0.2) is 5.82 Å². The van der Waals surface area contributed by atoms with Gasteiger partial charge in [0.25, 0.3) is 0 Å². The second kappa shape index (κ2) is 6.25. The quantitative estimate of drug-likeness (QED) is 0.752. The number of benzene rings is 2. The molecule has 0 aliphatic heterocycles. The lowest BCUT2D eigenvalue weighted by Crippen LogP contribution is -2.31. The van der Waals surface area contributed by atoms with Gasteiger partial charge in [-0.1, -0.05) is 35.9 Å². The van der Waals surface area contributed by atoms with Gasteiger partial charge in [-0.15, -0.1) is 0 Å². The lowest BCUT2D eigenvalue weighted by Gasteiger charge is -2.12. The summed E-state index contributed by atoms with van der Waals surface area (Å²) in [6.07, 6.45) is 1.97. The van der Waals surface area contributed by atoms with Crippen molar-refractivity contribution in [1.82, 2.24) is 14.8 Å². The maximum Gasteiger partial charge on any atom is 0.231 e. The second-order valence-electron chi connectivity index (χ2n) is 6.86. The van der Waals surface area contributed by atoms with Gasteiger partial charge < -0.3 is 5.73 Å². The molecule has 2 aromatic carbocycles. The third-order valence-corrected chi connectivity index (χ3v) is 5.03. The number of hydrogen-bond acceptors (Lipinski definition) is 3. The summed E-state index contributed by atoms with van der Waals surface area (Å²) in [7, 11) is 0. The van der Waals surface area contributed by atoms with E-state index in [4.69, 9.17) is 22.3 Å². The van der Waals surface area contributed by atoms with Crippen LogP contribution in [0.2, 0.25) is 5.02 Å². The van der Waals surface area contributed by atoms with Crippen molar-refractivity contribution < 1.29 is 4.79 Å². The van der Waals surface area contributed by atoms with Gasteiger partial charge in [-0.2, -0.15) is 5.10 Å². The molecular formula is C20H19ClN4O. The Labute approximate surface area is 156 Å². The van der Waals surface area contributed by atoms with Gasteiger partial charge in [0.2, 0.25) is 5.91 Å². The van der Waals surface area contributed by atoms with Crippen molar-refractivity contribution in [3.05, 3.63) is 76.3 Å². The van der Waals surface area contributed by atoms with Crippen LogP contribution in [0.4, 0.5) is 0 Å². The van der Waals surface area contributed by atoms with E-state index in [9.17, 15) is 4.79 Å². The molecule has 0 bridgehead atoms. The van der Waals surface area contributed by atoms with Crippen LogP contribution in [0.25, 0.3) is 5.69 Å². The highest BCUT2D eigenvalue weighted by Crippen LogP contribution is 2.47.